The zero-order valence-corrected chi connectivity index (χ0v) is 16.5. The zero-order valence-electron chi connectivity index (χ0n) is 15.7. The Kier molecular flexibility index (Phi) is 3.88. The zero-order chi connectivity index (χ0) is 19.2. The molecule has 0 atom stereocenters. The molecule has 0 saturated heterocycles. The van der Waals surface area contributed by atoms with Gasteiger partial charge in [0.25, 0.3) is 0 Å². The lowest BCUT2D eigenvalue weighted by Gasteiger charge is -2.26. The van der Waals surface area contributed by atoms with Crippen LogP contribution in [0.5, 0.6) is 0 Å². The lowest BCUT2D eigenvalue weighted by Crippen LogP contribution is -2.29. The molecule has 29 heavy (non-hydrogen) atoms. The predicted molar refractivity (Wildman–Crippen MR) is 114 cm³/mol. The van der Waals surface area contributed by atoms with Gasteiger partial charge < -0.3 is 0 Å². The molecule has 0 unspecified atom stereocenters. The van der Waals surface area contributed by atoms with Gasteiger partial charge in [0.2, 0.25) is 0 Å². The van der Waals surface area contributed by atoms with Crippen molar-refractivity contribution in [1.82, 2.24) is 29.5 Å². The van der Waals surface area contributed by atoms with Crippen molar-refractivity contribution >= 4 is 27.2 Å². The first-order valence-corrected chi connectivity index (χ1v) is 10.5. The molecule has 5 heterocycles. The fourth-order valence-electron chi connectivity index (χ4n) is 4.04. The van der Waals surface area contributed by atoms with Crippen LogP contribution in [0.25, 0.3) is 27.3 Å². The highest BCUT2D eigenvalue weighted by molar-refractivity contribution is 7.19. The molecule has 0 bridgehead atoms. The fraction of sp³-hybridized carbons (Fsp3) is 0.182. The molecule has 5 aromatic rings. The van der Waals surface area contributed by atoms with Gasteiger partial charge >= 0.3 is 0 Å². The number of nitrogens with zero attached hydrogens (tertiary/aromatic N) is 6. The molecule has 6 rings (SSSR count). The number of pyridine rings is 1. The van der Waals surface area contributed by atoms with Gasteiger partial charge in [-0.25, -0.2) is 14.5 Å². The minimum atomic E-state index is 0.689. The summed E-state index contributed by atoms with van der Waals surface area (Å²) >= 11 is 1.79. The van der Waals surface area contributed by atoms with Crippen LogP contribution in [0.4, 0.5) is 0 Å². The first-order valence-electron chi connectivity index (χ1n) is 9.67. The summed E-state index contributed by atoms with van der Waals surface area (Å²) in [6.07, 6.45) is 6.34. The van der Waals surface area contributed by atoms with Crippen LogP contribution in [0.1, 0.15) is 16.0 Å². The molecule has 0 amide bonds. The molecule has 6 nitrogen and oxygen atoms in total. The molecule has 0 fully saturated rings. The van der Waals surface area contributed by atoms with Crippen LogP contribution in [0, 0.1) is 0 Å². The first-order chi connectivity index (χ1) is 14.3. The maximum atomic E-state index is 4.84. The highest BCUT2D eigenvalue weighted by Gasteiger charge is 2.24. The Hall–Kier alpha value is -3.16. The van der Waals surface area contributed by atoms with E-state index in [4.69, 9.17) is 4.98 Å². The number of aromatic nitrogens is 5. The summed E-state index contributed by atoms with van der Waals surface area (Å²) in [7, 11) is 0. The van der Waals surface area contributed by atoms with Crippen molar-refractivity contribution in [3.05, 3.63) is 77.2 Å². The van der Waals surface area contributed by atoms with E-state index in [0.29, 0.717) is 5.82 Å². The van der Waals surface area contributed by atoms with E-state index < -0.39 is 0 Å². The van der Waals surface area contributed by atoms with Gasteiger partial charge in [-0.1, -0.05) is 30.3 Å². The van der Waals surface area contributed by atoms with Gasteiger partial charge in [0.1, 0.15) is 11.2 Å². The second-order valence-corrected chi connectivity index (χ2v) is 8.40. The number of hydrogen-bond donors (Lipinski definition) is 0. The summed E-state index contributed by atoms with van der Waals surface area (Å²) in [5, 5.41) is 5.79. The molecule has 1 aliphatic heterocycles. The van der Waals surface area contributed by atoms with Crippen LogP contribution in [-0.4, -0.2) is 36.0 Å². The van der Waals surface area contributed by atoms with Crippen LogP contribution in [0.3, 0.4) is 0 Å². The standard InChI is InChI=1S/C22H18N6S/c1-2-5-15(6-3-1)12-27-10-8-17-18(13-27)29-22-19(17)21-25-20(26-28(21)14-24-22)16-7-4-9-23-11-16/h1-7,9,11,14H,8,10,12-13H2. The number of fused-ring (bicyclic) bond motifs is 5. The highest BCUT2D eigenvalue weighted by atomic mass is 32.1. The Bertz CT molecular complexity index is 1310. The van der Waals surface area contributed by atoms with Crippen molar-refractivity contribution in [1.29, 1.82) is 0 Å². The molecule has 0 saturated carbocycles. The topological polar surface area (TPSA) is 59.2 Å². The summed E-state index contributed by atoms with van der Waals surface area (Å²) in [4.78, 5) is 18.7. The van der Waals surface area contributed by atoms with Gasteiger partial charge in [0.15, 0.2) is 11.5 Å². The predicted octanol–water partition coefficient (Wildman–Crippen LogP) is 3.96. The third-order valence-electron chi connectivity index (χ3n) is 5.43. The van der Waals surface area contributed by atoms with E-state index in [0.717, 1.165) is 47.5 Å². The van der Waals surface area contributed by atoms with Crippen molar-refractivity contribution in [2.45, 2.75) is 19.5 Å². The van der Waals surface area contributed by atoms with Gasteiger partial charge in [-0.2, -0.15) is 0 Å². The van der Waals surface area contributed by atoms with E-state index >= 15 is 0 Å². The number of rotatable bonds is 3. The van der Waals surface area contributed by atoms with E-state index in [1.54, 1.807) is 34.6 Å². The molecule has 0 radical (unpaired) electrons. The molecular weight excluding hydrogens is 380 g/mol. The molecule has 1 aromatic carbocycles. The number of hydrogen-bond acceptors (Lipinski definition) is 6. The van der Waals surface area contributed by atoms with Crippen LogP contribution < -0.4 is 0 Å². The van der Waals surface area contributed by atoms with E-state index in [2.05, 4.69) is 50.3 Å². The molecule has 1 aliphatic rings. The normalized spacial score (nSPS) is 14.5. The van der Waals surface area contributed by atoms with Crippen LogP contribution >= 0.6 is 11.3 Å². The minimum absolute atomic E-state index is 0.689. The number of thiophene rings is 1. The monoisotopic (exact) mass is 398 g/mol. The summed E-state index contributed by atoms with van der Waals surface area (Å²) in [5.41, 5.74) is 4.55. The Morgan fingerprint density at radius 3 is 2.86 bits per heavy atom. The number of benzene rings is 1. The van der Waals surface area contributed by atoms with Gasteiger partial charge in [0.05, 0.1) is 5.39 Å². The van der Waals surface area contributed by atoms with E-state index in [9.17, 15) is 0 Å². The van der Waals surface area contributed by atoms with Crippen LogP contribution in [-0.2, 0) is 19.5 Å². The summed E-state index contributed by atoms with van der Waals surface area (Å²) in [6.45, 7) is 2.98. The lowest BCUT2D eigenvalue weighted by molar-refractivity contribution is 0.249. The molecule has 7 heteroatoms. The highest BCUT2D eigenvalue weighted by Crippen LogP contribution is 2.36. The lowest BCUT2D eigenvalue weighted by atomic mass is 10.0. The fourth-order valence-corrected chi connectivity index (χ4v) is 5.26. The third-order valence-corrected chi connectivity index (χ3v) is 6.55. The third kappa shape index (κ3) is 2.90. The molecule has 0 aliphatic carbocycles. The Morgan fingerprint density at radius 2 is 2.00 bits per heavy atom. The van der Waals surface area contributed by atoms with Crippen molar-refractivity contribution in [3.8, 4) is 11.4 Å². The van der Waals surface area contributed by atoms with Gasteiger partial charge in [0, 0.05) is 42.5 Å². The Labute approximate surface area is 171 Å². The Balaban J connectivity index is 1.40. The van der Waals surface area contributed by atoms with Crippen molar-refractivity contribution in [2.75, 3.05) is 6.54 Å². The maximum Gasteiger partial charge on any atom is 0.183 e. The SMILES string of the molecule is c1ccc(CN2CCc3c(sc4ncn5nc(-c6cccnc6)nc5c34)C2)cc1. The average Bonchev–Trinajstić information content (AvgIpc) is 3.36. The minimum Gasteiger partial charge on any atom is -0.294 e. The van der Waals surface area contributed by atoms with E-state index in [-0.39, 0.29) is 0 Å². The quantitative estimate of drug-likeness (QED) is 0.460. The van der Waals surface area contributed by atoms with E-state index in [1.807, 2.05) is 12.1 Å². The average molecular weight is 398 g/mol. The largest absolute Gasteiger partial charge is 0.294 e. The second kappa shape index (κ2) is 6.72. The Morgan fingerprint density at radius 1 is 1.07 bits per heavy atom. The molecule has 4 aromatic heterocycles. The summed E-state index contributed by atoms with van der Waals surface area (Å²) in [5.74, 6) is 0.689. The first kappa shape index (κ1) is 16.8. The summed E-state index contributed by atoms with van der Waals surface area (Å²) < 4.78 is 1.80. The molecule has 0 spiro atoms. The van der Waals surface area contributed by atoms with Crippen molar-refractivity contribution in [3.63, 3.8) is 0 Å². The molecule has 142 valence electrons. The van der Waals surface area contributed by atoms with Crippen molar-refractivity contribution in [2.24, 2.45) is 0 Å². The van der Waals surface area contributed by atoms with Crippen LogP contribution in [0.2, 0.25) is 0 Å². The second-order valence-electron chi connectivity index (χ2n) is 7.32. The van der Waals surface area contributed by atoms with Crippen LogP contribution in [0.15, 0.2) is 61.2 Å². The van der Waals surface area contributed by atoms with Gasteiger partial charge in [-0.05, 0) is 29.7 Å². The smallest absolute Gasteiger partial charge is 0.183 e. The van der Waals surface area contributed by atoms with Gasteiger partial charge in [-0.15, -0.1) is 16.4 Å². The van der Waals surface area contributed by atoms with E-state index in [1.165, 1.54) is 16.0 Å². The molecule has 0 N–H and O–H groups in total. The van der Waals surface area contributed by atoms with Crippen molar-refractivity contribution < 1.29 is 0 Å². The van der Waals surface area contributed by atoms with Gasteiger partial charge in [-0.3, -0.25) is 9.88 Å². The maximum absolute atomic E-state index is 4.84. The summed E-state index contributed by atoms with van der Waals surface area (Å²) in [6, 6.07) is 14.6. The molecular formula is C22H18N6S.